The van der Waals surface area contributed by atoms with Gasteiger partial charge in [-0.2, -0.15) is 0 Å². The van der Waals surface area contributed by atoms with Gasteiger partial charge in [0.15, 0.2) is 0 Å². The van der Waals surface area contributed by atoms with Crippen molar-refractivity contribution in [1.82, 2.24) is 0 Å². The van der Waals surface area contributed by atoms with Crippen LogP contribution in [-0.4, -0.2) is 19.5 Å². The monoisotopic (exact) mass is 345 g/mol. The summed E-state index contributed by atoms with van der Waals surface area (Å²) in [7, 11) is -3.85. The third-order valence-corrected chi connectivity index (χ3v) is 6.01. The van der Waals surface area contributed by atoms with E-state index in [2.05, 4.69) is 4.72 Å². The number of sulfonamides is 1. The van der Waals surface area contributed by atoms with Crippen LogP contribution in [-0.2, 0) is 22.9 Å². The number of aryl methyl sites for hydroxylation is 3. The topological polar surface area (TPSA) is 83.5 Å². The molecule has 1 aliphatic carbocycles. The van der Waals surface area contributed by atoms with E-state index >= 15 is 0 Å². The van der Waals surface area contributed by atoms with Crippen LogP contribution < -0.4 is 4.72 Å². The highest BCUT2D eigenvalue weighted by molar-refractivity contribution is 7.92. The van der Waals surface area contributed by atoms with Crippen molar-refractivity contribution >= 4 is 21.7 Å². The van der Waals surface area contributed by atoms with Crippen molar-refractivity contribution in [2.75, 3.05) is 4.72 Å². The highest BCUT2D eigenvalue weighted by Crippen LogP contribution is 2.28. The number of rotatable bonds is 4. The summed E-state index contributed by atoms with van der Waals surface area (Å²) in [5.41, 5.74) is 4.08. The maximum Gasteiger partial charge on any atom is 0.335 e. The normalized spacial score (nSPS) is 13.6. The van der Waals surface area contributed by atoms with Gasteiger partial charge in [0.25, 0.3) is 10.0 Å². The van der Waals surface area contributed by atoms with Crippen LogP contribution in [0.5, 0.6) is 0 Å². The van der Waals surface area contributed by atoms with Crippen molar-refractivity contribution in [2.24, 2.45) is 0 Å². The molecule has 126 valence electrons. The van der Waals surface area contributed by atoms with Crippen molar-refractivity contribution in [3.8, 4) is 0 Å². The number of nitrogens with one attached hydrogen (secondary N) is 1. The molecule has 1 aliphatic rings. The lowest BCUT2D eigenvalue weighted by Crippen LogP contribution is -2.16. The lowest BCUT2D eigenvalue weighted by molar-refractivity contribution is 0.0696. The minimum Gasteiger partial charge on any atom is -0.478 e. The summed E-state index contributed by atoms with van der Waals surface area (Å²) in [6, 6.07) is 8.26. The van der Waals surface area contributed by atoms with E-state index in [9.17, 15) is 18.3 Å². The summed E-state index contributed by atoms with van der Waals surface area (Å²) < 4.78 is 28.1. The standard InChI is InChI=1S/C18H19NO4S/c1-11-8-15(18(20)21)10-17(12(11)2)24(22,23)19-16-7-6-13-4-3-5-14(13)9-16/h6-10,19H,3-5H2,1-2H3,(H,20,21). The minimum absolute atomic E-state index is 0.000369. The summed E-state index contributed by atoms with van der Waals surface area (Å²) in [4.78, 5) is 11.2. The van der Waals surface area contributed by atoms with Crippen LogP contribution in [0.25, 0.3) is 0 Å². The average Bonchev–Trinajstić information content (AvgIpc) is 2.96. The second-order valence-electron chi connectivity index (χ2n) is 6.16. The Balaban J connectivity index is 2.00. The number of fused-ring (bicyclic) bond motifs is 1. The van der Waals surface area contributed by atoms with Crippen LogP contribution in [0.3, 0.4) is 0 Å². The van der Waals surface area contributed by atoms with Crippen LogP contribution in [0.2, 0.25) is 0 Å². The number of anilines is 1. The Labute approximate surface area is 141 Å². The molecular weight excluding hydrogens is 326 g/mol. The van der Waals surface area contributed by atoms with Gasteiger partial charge < -0.3 is 5.11 Å². The fourth-order valence-corrected chi connectivity index (χ4v) is 4.47. The molecule has 2 N–H and O–H groups in total. The number of hydrogen-bond acceptors (Lipinski definition) is 3. The molecule has 0 bridgehead atoms. The van der Waals surface area contributed by atoms with Crippen LogP contribution in [0.1, 0.15) is 39.0 Å². The first-order valence-electron chi connectivity index (χ1n) is 7.77. The van der Waals surface area contributed by atoms with Crippen molar-refractivity contribution in [2.45, 2.75) is 38.0 Å². The summed E-state index contributed by atoms with van der Waals surface area (Å²) in [5.74, 6) is -1.15. The Bertz CT molecular complexity index is 932. The van der Waals surface area contributed by atoms with Gasteiger partial charge in [-0.25, -0.2) is 13.2 Å². The number of hydrogen-bond donors (Lipinski definition) is 2. The van der Waals surface area contributed by atoms with E-state index < -0.39 is 16.0 Å². The maximum atomic E-state index is 12.7. The summed E-state index contributed by atoms with van der Waals surface area (Å²) in [6.45, 7) is 3.38. The first-order valence-corrected chi connectivity index (χ1v) is 9.25. The average molecular weight is 345 g/mol. The molecule has 0 aliphatic heterocycles. The van der Waals surface area contributed by atoms with E-state index in [0.717, 1.165) is 19.3 Å². The van der Waals surface area contributed by atoms with Crippen LogP contribution >= 0.6 is 0 Å². The van der Waals surface area contributed by atoms with E-state index in [4.69, 9.17) is 0 Å². The van der Waals surface area contributed by atoms with Gasteiger partial charge in [0.2, 0.25) is 0 Å². The molecule has 2 aromatic rings. The zero-order chi connectivity index (χ0) is 17.5. The van der Waals surface area contributed by atoms with Gasteiger partial charge in [0.1, 0.15) is 0 Å². The quantitative estimate of drug-likeness (QED) is 0.890. The van der Waals surface area contributed by atoms with Gasteiger partial charge >= 0.3 is 5.97 Å². The van der Waals surface area contributed by atoms with E-state index in [1.807, 2.05) is 12.1 Å². The molecule has 0 radical (unpaired) electrons. The molecule has 5 nitrogen and oxygen atoms in total. The molecule has 0 fully saturated rings. The molecule has 0 unspecified atom stereocenters. The first-order chi connectivity index (χ1) is 11.3. The van der Waals surface area contributed by atoms with Crippen LogP contribution in [0, 0.1) is 13.8 Å². The second-order valence-corrected chi connectivity index (χ2v) is 7.81. The Kier molecular flexibility index (Phi) is 4.09. The number of carbonyl (C=O) groups is 1. The number of carboxylic acid groups (broad SMARTS) is 1. The molecule has 0 aromatic heterocycles. The fourth-order valence-electron chi connectivity index (χ4n) is 3.08. The molecule has 0 saturated heterocycles. The van der Waals surface area contributed by atoms with Gasteiger partial charge in [0.05, 0.1) is 10.5 Å². The van der Waals surface area contributed by atoms with E-state index in [0.29, 0.717) is 16.8 Å². The molecule has 0 atom stereocenters. The smallest absolute Gasteiger partial charge is 0.335 e. The largest absolute Gasteiger partial charge is 0.478 e. The number of benzene rings is 2. The van der Waals surface area contributed by atoms with Gasteiger partial charge in [-0.3, -0.25) is 4.72 Å². The lowest BCUT2D eigenvalue weighted by atomic mass is 10.1. The Morgan fingerprint density at radius 3 is 2.50 bits per heavy atom. The molecule has 0 heterocycles. The molecular formula is C18H19NO4S. The molecule has 3 rings (SSSR count). The SMILES string of the molecule is Cc1cc(C(=O)O)cc(S(=O)(=O)Nc2ccc3c(c2)CCC3)c1C. The van der Waals surface area contributed by atoms with E-state index in [1.165, 1.54) is 23.3 Å². The third kappa shape index (κ3) is 3.01. The maximum absolute atomic E-state index is 12.7. The predicted molar refractivity (Wildman–Crippen MR) is 92.2 cm³/mol. The van der Waals surface area contributed by atoms with Crippen molar-refractivity contribution in [1.29, 1.82) is 0 Å². The molecule has 0 amide bonds. The second kappa shape index (κ2) is 5.94. The third-order valence-electron chi connectivity index (χ3n) is 4.51. The summed E-state index contributed by atoms with van der Waals surface area (Å²) >= 11 is 0. The molecule has 2 aromatic carbocycles. The Hall–Kier alpha value is -2.34. The number of carboxylic acids is 1. The van der Waals surface area contributed by atoms with Crippen molar-refractivity contribution in [3.63, 3.8) is 0 Å². The summed E-state index contributed by atoms with van der Waals surface area (Å²) in [6.07, 6.45) is 3.07. The molecule has 0 spiro atoms. The molecule has 24 heavy (non-hydrogen) atoms. The molecule has 6 heteroatoms. The first kappa shape index (κ1) is 16.5. The fraction of sp³-hybridized carbons (Fsp3) is 0.278. The highest BCUT2D eigenvalue weighted by Gasteiger charge is 2.21. The Morgan fingerprint density at radius 1 is 1.08 bits per heavy atom. The zero-order valence-corrected chi connectivity index (χ0v) is 14.4. The predicted octanol–water partition coefficient (Wildman–Crippen LogP) is 3.29. The minimum atomic E-state index is -3.85. The van der Waals surface area contributed by atoms with Crippen LogP contribution in [0.15, 0.2) is 35.2 Å². The van der Waals surface area contributed by atoms with Crippen LogP contribution in [0.4, 0.5) is 5.69 Å². The van der Waals surface area contributed by atoms with Gasteiger partial charge in [-0.15, -0.1) is 0 Å². The Morgan fingerprint density at radius 2 is 1.79 bits per heavy atom. The number of aromatic carboxylic acids is 1. The van der Waals surface area contributed by atoms with Crippen molar-refractivity contribution < 1.29 is 18.3 Å². The van der Waals surface area contributed by atoms with Gasteiger partial charge in [-0.05, 0) is 79.6 Å². The molecule has 0 saturated carbocycles. The zero-order valence-electron chi connectivity index (χ0n) is 13.6. The summed E-state index contributed by atoms with van der Waals surface area (Å²) in [5, 5.41) is 9.17. The van der Waals surface area contributed by atoms with Gasteiger partial charge in [-0.1, -0.05) is 6.07 Å². The lowest BCUT2D eigenvalue weighted by Gasteiger charge is -2.14. The van der Waals surface area contributed by atoms with E-state index in [-0.39, 0.29) is 10.5 Å². The van der Waals surface area contributed by atoms with E-state index in [1.54, 1.807) is 19.9 Å². The highest BCUT2D eigenvalue weighted by atomic mass is 32.2. The van der Waals surface area contributed by atoms with Gasteiger partial charge in [0, 0.05) is 5.69 Å². The van der Waals surface area contributed by atoms with Crippen molar-refractivity contribution in [3.05, 3.63) is 58.1 Å².